The Balaban J connectivity index is 1.71. The fourth-order valence-corrected chi connectivity index (χ4v) is 2.65. The zero-order valence-corrected chi connectivity index (χ0v) is 12.2. The number of amides is 1. The molecule has 0 spiro atoms. The number of nitrogens with zero attached hydrogens (tertiary/aromatic N) is 1. The minimum atomic E-state index is -0.301. The van der Waals surface area contributed by atoms with Crippen LogP contribution in [0.3, 0.4) is 0 Å². The zero-order valence-electron chi connectivity index (χ0n) is 12.2. The van der Waals surface area contributed by atoms with E-state index in [-0.39, 0.29) is 17.8 Å². The molecular formula is C17H18N2O3. The number of carbonyl (C=O) groups is 2. The summed E-state index contributed by atoms with van der Waals surface area (Å²) in [6.07, 6.45) is 4.30. The molecule has 2 N–H and O–H groups in total. The van der Waals surface area contributed by atoms with Crippen molar-refractivity contribution in [3.63, 3.8) is 0 Å². The number of aliphatic hydroxyl groups is 1. The van der Waals surface area contributed by atoms with Gasteiger partial charge in [-0.3, -0.25) is 9.59 Å². The van der Waals surface area contributed by atoms with E-state index in [2.05, 4.69) is 4.98 Å². The summed E-state index contributed by atoms with van der Waals surface area (Å²) in [5.74, 6) is -0.117. The Hall–Kier alpha value is -2.40. The number of hydrogen-bond acceptors (Lipinski definition) is 3. The highest BCUT2D eigenvalue weighted by atomic mass is 16.3. The van der Waals surface area contributed by atoms with Crippen LogP contribution in [0.5, 0.6) is 0 Å². The van der Waals surface area contributed by atoms with Gasteiger partial charge in [-0.2, -0.15) is 0 Å². The normalized spacial score (nSPS) is 15.8. The maximum absolute atomic E-state index is 12.4. The van der Waals surface area contributed by atoms with E-state index in [4.69, 9.17) is 0 Å². The second-order valence-electron chi connectivity index (χ2n) is 5.53. The van der Waals surface area contributed by atoms with E-state index in [1.54, 1.807) is 47.6 Å². The number of nitrogens with one attached hydrogen (secondary N) is 1. The van der Waals surface area contributed by atoms with Crippen molar-refractivity contribution in [2.45, 2.75) is 18.9 Å². The summed E-state index contributed by atoms with van der Waals surface area (Å²) >= 11 is 0. The Morgan fingerprint density at radius 3 is 2.23 bits per heavy atom. The Bertz CT molecular complexity index is 654. The van der Waals surface area contributed by atoms with Gasteiger partial charge in [0.2, 0.25) is 0 Å². The lowest BCUT2D eigenvalue weighted by Gasteiger charge is -2.29. The number of aromatic nitrogens is 1. The maximum atomic E-state index is 12.4. The van der Waals surface area contributed by atoms with Crippen LogP contribution in [0.2, 0.25) is 0 Å². The van der Waals surface area contributed by atoms with Gasteiger partial charge in [0, 0.05) is 42.2 Å². The van der Waals surface area contributed by atoms with Gasteiger partial charge in [-0.25, -0.2) is 0 Å². The van der Waals surface area contributed by atoms with Crippen LogP contribution in [0, 0.1) is 0 Å². The number of rotatable bonds is 3. The standard InChI is InChI=1S/C17H18N2O3/c20-15-6-9-19(10-7-15)17(22)13-3-1-12(2-4-13)16(21)14-5-8-18-11-14/h1-5,8,11,15,18,20H,6-7,9-10H2. The molecule has 0 radical (unpaired) electrons. The van der Waals surface area contributed by atoms with Crippen LogP contribution in [0.4, 0.5) is 0 Å². The Morgan fingerprint density at radius 1 is 1.00 bits per heavy atom. The van der Waals surface area contributed by atoms with Crippen molar-refractivity contribution in [3.05, 3.63) is 59.4 Å². The van der Waals surface area contributed by atoms with E-state index in [0.717, 1.165) is 0 Å². The Labute approximate surface area is 128 Å². The van der Waals surface area contributed by atoms with Crippen LogP contribution in [0.15, 0.2) is 42.7 Å². The van der Waals surface area contributed by atoms with E-state index in [0.29, 0.717) is 42.6 Å². The molecule has 0 aliphatic carbocycles. The predicted octanol–water partition coefficient (Wildman–Crippen LogP) is 1.84. The second-order valence-corrected chi connectivity index (χ2v) is 5.53. The monoisotopic (exact) mass is 298 g/mol. The number of piperidine rings is 1. The van der Waals surface area contributed by atoms with Gasteiger partial charge in [0.25, 0.3) is 5.91 Å². The fraction of sp³-hybridized carbons (Fsp3) is 0.294. The van der Waals surface area contributed by atoms with Gasteiger partial charge in [-0.15, -0.1) is 0 Å². The molecule has 0 bridgehead atoms. The molecule has 22 heavy (non-hydrogen) atoms. The summed E-state index contributed by atoms with van der Waals surface area (Å²) in [5, 5.41) is 9.49. The van der Waals surface area contributed by atoms with E-state index >= 15 is 0 Å². The zero-order chi connectivity index (χ0) is 15.5. The smallest absolute Gasteiger partial charge is 0.253 e. The third-order valence-electron chi connectivity index (χ3n) is 4.01. The van der Waals surface area contributed by atoms with Gasteiger partial charge in [-0.1, -0.05) is 12.1 Å². The minimum absolute atomic E-state index is 0.0486. The van der Waals surface area contributed by atoms with E-state index in [1.807, 2.05) is 0 Å². The molecule has 1 aromatic heterocycles. The number of ketones is 1. The third kappa shape index (κ3) is 2.94. The quantitative estimate of drug-likeness (QED) is 0.849. The summed E-state index contributed by atoms with van der Waals surface area (Å²) in [6.45, 7) is 1.15. The number of aromatic amines is 1. The molecule has 1 aliphatic rings. The number of aliphatic hydroxyl groups excluding tert-OH is 1. The molecule has 2 aromatic rings. The molecule has 1 saturated heterocycles. The summed E-state index contributed by atoms with van der Waals surface area (Å²) in [7, 11) is 0. The maximum Gasteiger partial charge on any atom is 0.253 e. The summed E-state index contributed by atoms with van der Waals surface area (Å²) < 4.78 is 0. The van der Waals surface area contributed by atoms with Crippen molar-refractivity contribution in [2.75, 3.05) is 13.1 Å². The molecule has 1 aliphatic heterocycles. The van der Waals surface area contributed by atoms with E-state index in [1.165, 1.54) is 0 Å². The summed E-state index contributed by atoms with van der Waals surface area (Å²) in [5.41, 5.74) is 1.73. The number of carbonyl (C=O) groups excluding carboxylic acids is 2. The highest BCUT2D eigenvalue weighted by Gasteiger charge is 2.22. The van der Waals surface area contributed by atoms with Gasteiger partial charge in [0.1, 0.15) is 0 Å². The van der Waals surface area contributed by atoms with E-state index < -0.39 is 0 Å². The third-order valence-corrected chi connectivity index (χ3v) is 4.01. The molecule has 0 unspecified atom stereocenters. The van der Waals surface area contributed by atoms with Crippen LogP contribution in [-0.4, -0.2) is 45.9 Å². The topological polar surface area (TPSA) is 73.4 Å². The highest BCUT2D eigenvalue weighted by molar-refractivity contribution is 6.09. The molecule has 114 valence electrons. The van der Waals surface area contributed by atoms with E-state index in [9.17, 15) is 14.7 Å². The van der Waals surface area contributed by atoms with Crippen LogP contribution in [0.25, 0.3) is 0 Å². The first-order valence-corrected chi connectivity index (χ1v) is 7.40. The molecule has 0 saturated carbocycles. The van der Waals surface area contributed by atoms with Gasteiger partial charge in [0.15, 0.2) is 5.78 Å². The highest BCUT2D eigenvalue weighted by Crippen LogP contribution is 2.16. The molecular weight excluding hydrogens is 280 g/mol. The van der Waals surface area contributed by atoms with Crippen LogP contribution in [-0.2, 0) is 0 Å². The molecule has 1 fully saturated rings. The summed E-state index contributed by atoms with van der Waals surface area (Å²) in [4.78, 5) is 29.2. The largest absolute Gasteiger partial charge is 0.393 e. The molecule has 1 aromatic carbocycles. The molecule has 1 amide bonds. The SMILES string of the molecule is O=C(c1ccc(C(=O)N2CCC(O)CC2)cc1)c1cc[nH]c1. The Morgan fingerprint density at radius 2 is 1.64 bits per heavy atom. The summed E-state index contributed by atoms with van der Waals surface area (Å²) in [6, 6.07) is 8.46. The van der Waals surface area contributed by atoms with Crippen molar-refractivity contribution in [3.8, 4) is 0 Å². The first kappa shape index (κ1) is 14.5. The van der Waals surface area contributed by atoms with Crippen molar-refractivity contribution in [2.24, 2.45) is 0 Å². The lowest BCUT2D eigenvalue weighted by molar-refractivity contribution is 0.0546. The fourth-order valence-electron chi connectivity index (χ4n) is 2.65. The molecule has 0 atom stereocenters. The van der Waals surface area contributed by atoms with Crippen LogP contribution >= 0.6 is 0 Å². The molecule has 5 heteroatoms. The average molecular weight is 298 g/mol. The number of likely N-dealkylation sites (tertiary alicyclic amines) is 1. The molecule has 2 heterocycles. The lowest BCUT2D eigenvalue weighted by atomic mass is 10.0. The number of hydrogen-bond donors (Lipinski definition) is 2. The lowest BCUT2D eigenvalue weighted by Crippen LogP contribution is -2.40. The van der Waals surface area contributed by atoms with Crippen LogP contribution in [0.1, 0.15) is 39.1 Å². The molecule has 3 rings (SSSR count). The van der Waals surface area contributed by atoms with Gasteiger partial charge < -0.3 is 15.0 Å². The Kier molecular flexibility index (Phi) is 4.06. The molecule has 5 nitrogen and oxygen atoms in total. The van der Waals surface area contributed by atoms with Crippen molar-refractivity contribution in [1.82, 2.24) is 9.88 Å². The van der Waals surface area contributed by atoms with Crippen molar-refractivity contribution >= 4 is 11.7 Å². The first-order valence-electron chi connectivity index (χ1n) is 7.40. The number of benzene rings is 1. The second kappa shape index (κ2) is 6.15. The van der Waals surface area contributed by atoms with Crippen molar-refractivity contribution < 1.29 is 14.7 Å². The van der Waals surface area contributed by atoms with Crippen molar-refractivity contribution in [1.29, 1.82) is 0 Å². The minimum Gasteiger partial charge on any atom is -0.393 e. The van der Waals surface area contributed by atoms with Gasteiger partial charge >= 0.3 is 0 Å². The predicted molar refractivity (Wildman–Crippen MR) is 81.8 cm³/mol. The average Bonchev–Trinajstić information content (AvgIpc) is 3.09. The van der Waals surface area contributed by atoms with Crippen LogP contribution < -0.4 is 0 Å². The van der Waals surface area contributed by atoms with Gasteiger partial charge in [0.05, 0.1) is 6.10 Å². The number of H-pyrrole nitrogens is 1. The first-order chi connectivity index (χ1) is 10.6. The van der Waals surface area contributed by atoms with Gasteiger partial charge in [-0.05, 0) is 31.0 Å².